The lowest BCUT2D eigenvalue weighted by atomic mass is 10.1. The molecule has 0 spiro atoms. The van der Waals surface area contributed by atoms with Gasteiger partial charge in [-0.2, -0.15) is 0 Å². The van der Waals surface area contributed by atoms with E-state index in [0.29, 0.717) is 5.71 Å². The van der Waals surface area contributed by atoms with Gasteiger partial charge in [-0.25, -0.2) is 4.98 Å². The van der Waals surface area contributed by atoms with Crippen LogP contribution in [0.25, 0.3) is 33.3 Å². The number of rotatable bonds is 1. The molecule has 0 N–H and O–H groups in total. The van der Waals surface area contributed by atoms with Crippen molar-refractivity contribution >= 4 is 22.1 Å². The first-order valence-electron chi connectivity index (χ1n) is 6.10. The summed E-state index contributed by atoms with van der Waals surface area (Å²) < 4.78 is 5.71. The summed E-state index contributed by atoms with van der Waals surface area (Å²) in [6.45, 7) is 0. The highest BCUT2D eigenvalue weighted by Gasteiger charge is 2.08. The van der Waals surface area contributed by atoms with Gasteiger partial charge in [-0.1, -0.05) is 6.07 Å². The lowest BCUT2D eigenvalue weighted by Crippen LogP contribution is -1.81. The molecule has 19 heavy (non-hydrogen) atoms. The van der Waals surface area contributed by atoms with Crippen LogP contribution >= 0.6 is 0 Å². The minimum atomic E-state index is 0.677. The molecular weight excluding hydrogens is 236 g/mol. The van der Waals surface area contributed by atoms with E-state index < -0.39 is 0 Å². The van der Waals surface area contributed by atoms with Crippen LogP contribution in [0.4, 0.5) is 0 Å². The third kappa shape index (κ3) is 1.59. The Hall–Kier alpha value is -2.68. The lowest BCUT2D eigenvalue weighted by Gasteiger charge is -1.99. The van der Waals surface area contributed by atoms with Gasteiger partial charge in [0, 0.05) is 28.7 Å². The molecule has 3 nitrogen and oxygen atoms in total. The van der Waals surface area contributed by atoms with Gasteiger partial charge in [0.15, 0.2) is 0 Å². The van der Waals surface area contributed by atoms with Crippen molar-refractivity contribution in [2.24, 2.45) is 0 Å². The van der Waals surface area contributed by atoms with Crippen LogP contribution in [0.15, 0.2) is 65.3 Å². The molecular formula is C16H10N2O. The van der Waals surface area contributed by atoms with Gasteiger partial charge in [0.05, 0.1) is 5.69 Å². The number of benzene rings is 1. The lowest BCUT2D eigenvalue weighted by molar-refractivity contribution is 0.654. The van der Waals surface area contributed by atoms with Crippen LogP contribution in [0, 0.1) is 0 Å². The zero-order valence-electron chi connectivity index (χ0n) is 10.1. The summed E-state index contributed by atoms with van der Waals surface area (Å²) in [6.07, 6.45) is 3.54. The molecule has 0 radical (unpaired) electrons. The highest BCUT2D eigenvalue weighted by molar-refractivity contribution is 6.04. The van der Waals surface area contributed by atoms with Gasteiger partial charge in [0.25, 0.3) is 0 Å². The first kappa shape index (κ1) is 10.3. The maximum Gasteiger partial charge on any atom is 0.227 e. The second-order valence-electron chi connectivity index (χ2n) is 4.38. The van der Waals surface area contributed by atoms with E-state index in [0.717, 1.165) is 27.6 Å². The number of nitrogens with zero attached hydrogens (tertiary/aromatic N) is 2. The van der Waals surface area contributed by atoms with Crippen molar-refractivity contribution in [1.82, 2.24) is 9.97 Å². The van der Waals surface area contributed by atoms with Crippen LogP contribution in [-0.4, -0.2) is 9.97 Å². The quantitative estimate of drug-likeness (QED) is 0.508. The van der Waals surface area contributed by atoms with Crippen LogP contribution in [0.3, 0.4) is 0 Å². The normalized spacial score (nSPS) is 11.2. The fourth-order valence-electron chi connectivity index (χ4n) is 2.30. The van der Waals surface area contributed by atoms with E-state index in [4.69, 9.17) is 4.42 Å². The molecule has 1 aromatic carbocycles. The fourth-order valence-corrected chi connectivity index (χ4v) is 2.30. The van der Waals surface area contributed by atoms with E-state index in [2.05, 4.69) is 16.0 Å². The molecule has 0 bridgehead atoms. The fraction of sp³-hybridized carbons (Fsp3) is 0. The second-order valence-corrected chi connectivity index (χ2v) is 4.38. The molecule has 0 saturated carbocycles. The molecule has 0 amide bonds. The third-order valence-corrected chi connectivity index (χ3v) is 3.21. The Morgan fingerprint density at radius 2 is 1.74 bits per heavy atom. The third-order valence-electron chi connectivity index (χ3n) is 3.21. The van der Waals surface area contributed by atoms with E-state index in [-0.39, 0.29) is 0 Å². The molecule has 0 aliphatic rings. The van der Waals surface area contributed by atoms with Crippen LogP contribution in [0.2, 0.25) is 0 Å². The molecule has 0 aliphatic heterocycles. The van der Waals surface area contributed by atoms with E-state index in [9.17, 15) is 0 Å². The number of furan rings is 1. The molecule has 0 atom stereocenters. The predicted octanol–water partition coefficient (Wildman–Crippen LogP) is 4.04. The average Bonchev–Trinajstić information content (AvgIpc) is 2.86. The van der Waals surface area contributed by atoms with E-state index in [1.165, 1.54) is 0 Å². The molecule has 4 rings (SSSR count). The highest BCUT2D eigenvalue weighted by Crippen LogP contribution is 2.30. The van der Waals surface area contributed by atoms with Crippen LogP contribution in [0.5, 0.6) is 0 Å². The molecule has 3 heterocycles. The Morgan fingerprint density at radius 3 is 2.63 bits per heavy atom. The number of aromatic nitrogens is 2. The number of hydrogen-bond acceptors (Lipinski definition) is 3. The topological polar surface area (TPSA) is 38.9 Å². The second kappa shape index (κ2) is 3.92. The van der Waals surface area contributed by atoms with Gasteiger partial charge >= 0.3 is 0 Å². The Labute approximate surface area is 109 Å². The highest BCUT2D eigenvalue weighted by atomic mass is 16.3. The maximum atomic E-state index is 5.71. The summed E-state index contributed by atoms with van der Waals surface area (Å²) in [5, 5.41) is 2.11. The van der Waals surface area contributed by atoms with Gasteiger partial charge < -0.3 is 4.42 Å². The van der Waals surface area contributed by atoms with Gasteiger partial charge in [0.2, 0.25) is 5.71 Å². The number of pyridine rings is 2. The van der Waals surface area contributed by atoms with Crippen molar-refractivity contribution in [2.45, 2.75) is 0 Å². The Kier molecular flexibility index (Phi) is 2.12. The molecule has 0 aliphatic carbocycles. The molecule has 90 valence electrons. The van der Waals surface area contributed by atoms with Crippen molar-refractivity contribution in [2.75, 3.05) is 0 Å². The zero-order valence-corrected chi connectivity index (χ0v) is 10.1. The van der Waals surface area contributed by atoms with Crippen molar-refractivity contribution in [3.63, 3.8) is 0 Å². The first-order valence-corrected chi connectivity index (χ1v) is 6.10. The number of hydrogen-bond donors (Lipinski definition) is 0. The minimum absolute atomic E-state index is 0.677. The minimum Gasteiger partial charge on any atom is -0.438 e. The molecule has 3 heteroatoms. The van der Waals surface area contributed by atoms with Crippen LogP contribution < -0.4 is 0 Å². The van der Waals surface area contributed by atoms with E-state index >= 15 is 0 Å². The van der Waals surface area contributed by atoms with Gasteiger partial charge in [-0.05, 0) is 42.5 Å². The monoisotopic (exact) mass is 246 g/mol. The SMILES string of the molecule is c1ccc(-c2ccc3oc4ncccc4c3c2)nc1. The van der Waals surface area contributed by atoms with Crippen LogP contribution in [-0.2, 0) is 0 Å². The summed E-state index contributed by atoms with van der Waals surface area (Å²) >= 11 is 0. The summed E-state index contributed by atoms with van der Waals surface area (Å²) in [5.74, 6) is 0. The van der Waals surface area contributed by atoms with E-state index in [1.54, 1.807) is 12.4 Å². The molecule has 0 fully saturated rings. The van der Waals surface area contributed by atoms with Gasteiger partial charge in [-0.15, -0.1) is 0 Å². The summed E-state index contributed by atoms with van der Waals surface area (Å²) in [7, 11) is 0. The van der Waals surface area contributed by atoms with Crippen molar-refractivity contribution in [3.8, 4) is 11.3 Å². The smallest absolute Gasteiger partial charge is 0.227 e. The molecule has 0 unspecified atom stereocenters. The molecule has 3 aromatic heterocycles. The standard InChI is InChI=1S/C16H10N2O/c1-2-8-17-14(5-1)11-6-7-15-13(10-11)12-4-3-9-18-16(12)19-15/h1-10H. The average molecular weight is 246 g/mol. The van der Waals surface area contributed by atoms with Crippen molar-refractivity contribution < 1.29 is 4.42 Å². The van der Waals surface area contributed by atoms with Crippen molar-refractivity contribution in [3.05, 3.63) is 60.9 Å². The Balaban J connectivity index is 2.03. The largest absolute Gasteiger partial charge is 0.438 e. The van der Waals surface area contributed by atoms with Gasteiger partial charge in [0.1, 0.15) is 5.58 Å². The Morgan fingerprint density at radius 1 is 0.789 bits per heavy atom. The zero-order chi connectivity index (χ0) is 12.7. The van der Waals surface area contributed by atoms with E-state index in [1.807, 2.05) is 42.5 Å². The first-order chi connectivity index (χ1) is 9.42. The summed E-state index contributed by atoms with van der Waals surface area (Å²) in [4.78, 5) is 8.61. The van der Waals surface area contributed by atoms with Gasteiger partial charge in [-0.3, -0.25) is 4.98 Å². The van der Waals surface area contributed by atoms with Crippen LogP contribution in [0.1, 0.15) is 0 Å². The molecule has 0 saturated heterocycles. The summed E-state index contributed by atoms with van der Waals surface area (Å²) in [6, 6.07) is 15.9. The van der Waals surface area contributed by atoms with Crippen molar-refractivity contribution in [1.29, 1.82) is 0 Å². The maximum absolute atomic E-state index is 5.71. The predicted molar refractivity (Wildman–Crippen MR) is 74.7 cm³/mol. The Bertz CT molecular complexity index is 866. The summed E-state index contributed by atoms with van der Waals surface area (Å²) in [5.41, 5.74) is 3.58. The number of fused-ring (bicyclic) bond motifs is 3. The molecule has 4 aromatic rings.